The molecule has 1 aromatic carbocycles. The van der Waals surface area contributed by atoms with Gasteiger partial charge in [0.15, 0.2) is 11.5 Å². The van der Waals surface area contributed by atoms with E-state index in [1.165, 1.54) is 0 Å². The van der Waals surface area contributed by atoms with Gasteiger partial charge in [0.25, 0.3) is 11.8 Å². The average Bonchev–Trinajstić information content (AvgIpc) is 3.20. The predicted molar refractivity (Wildman–Crippen MR) is 116 cm³/mol. The lowest BCUT2D eigenvalue weighted by Crippen LogP contribution is -2.41. The highest BCUT2D eigenvalue weighted by atomic mass is 16.5. The summed E-state index contributed by atoms with van der Waals surface area (Å²) in [4.78, 5) is 29.6. The summed E-state index contributed by atoms with van der Waals surface area (Å²) in [6.45, 7) is 9.92. The third kappa shape index (κ3) is 5.61. The van der Waals surface area contributed by atoms with Crippen LogP contribution < -0.4 is 14.2 Å². The monoisotopic (exact) mass is 434 g/mol. The van der Waals surface area contributed by atoms with Gasteiger partial charge >= 0.3 is 0 Å². The Morgan fingerprint density at radius 2 is 1.52 bits per heavy atom. The van der Waals surface area contributed by atoms with Crippen LogP contribution in [0.2, 0.25) is 0 Å². The quantitative estimate of drug-likeness (QED) is 0.626. The Hall–Kier alpha value is -2.48. The normalized spacial score (nSPS) is 19.1. The van der Waals surface area contributed by atoms with E-state index in [0.29, 0.717) is 75.4 Å². The molecule has 2 amide bonds. The molecule has 3 rings (SSSR count). The Kier molecular flexibility index (Phi) is 8.40. The van der Waals surface area contributed by atoms with E-state index in [-0.39, 0.29) is 17.9 Å². The van der Waals surface area contributed by atoms with Gasteiger partial charge < -0.3 is 28.7 Å². The van der Waals surface area contributed by atoms with Crippen molar-refractivity contribution in [3.05, 3.63) is 17.7 Å². The van der Waals surface area contributed by atoms with E-state index in [9.17, 15) is 9.59 Å². The highest BCUT2D eigenvalue weighted by Crippen LogP contribution is 2.39. The number of hydrogen-bond acceptors (Lipinski definition) is 6. The summed E-state index contributed by atoms with van der Waals surface area (Å²) in [6.07, 6.45) is 2.12. The molecule has 2 saturated heterocycles. The van der Waals surface area contributed by atoms with Crippen LogP contribution in [0.1, 0.15) is 50.4 Å². The molecule has 0 radical (unpaired) electrons. The number of amides is 2. The van der Waals surface area contributed by atoms with Gasteiger partial charge in [0.2, 0.25) is 5.75 Å². The second kappa shape index (κ2) is 11.2. The molecule has 172 valence electrons. The SMILES string of the molecule is CCOc1cc(C(=O)N2CCCN(C(=O)C3CCCO3)CC2)cc(OCC)c1OCC. The van der Waals surface area contributed by atoms with Crippen molar-refractivity contribution in [2.75, 3.05) is 52.6 Å². The van der Waals surface area contributed by atoms with E-state index in [1.54, 1.807) is 17.0 Å². The molecule has 0 bridgehead atoms. The molecule has 8 nitrogen and oxygen atoms in total. The van der Waals surface area contributed by atoms with E-state index in [2.05, 4.69) is 0 Å². The van der Waals surface area contributed by atoms with Crippen molar-refractivity contribution < 1.29 is 28.5 Å². The van der Waals surface area contributed by atoms with Crippen molar-refractivity contribution in [1.82, 2.24) is 9.80 Å². The lowest BCUT2D eigenvalue weighted by atomic mass is 10.1. The van der Waals surface area contributed by atoms with Gasteiger partial charge in [0.05, 0.1) is 19.8 Å². The van der Waals surface area contributed by atoms with Gasteiger partial charge in [0, 0.05) is 38.3 Å². The maximum absolute atomic E-state index is 13.3. The van der Waals surface area contributed by atoms with Gasteiger partial charge in [-0.15, -0.1) is 0 Å². The lowest BCUT2D eigenvalue weighted by molar-refractivity contribution is -0.140. The van der Waals surface area contributed by atoms with Crippen LogP contribution in [0.25, 0.3) is 0 Å². The average molecular weight is 435 g/mol. The molecule has 0 aromatic heterocycles. The Bertz CT molecular complexity index is 735. The minimum atomic E-state index is -0.323. The molecule has 1 atom stereocenters. The highest BCUT2D eigenvalue weighted by Gasteiger charge is 2.30. The predicted octanol–water partition coefficient (Wildman–Crippen LogP) is 2.74. The summed E-state index contributed by atoms with van der Waals surface area (Å²) in [7, 11) is 0. The van der Waals surface area contributed by atoms with Gasteiger partial charge in [-0.1, -0.05) is 0 Å². The van der Waals surface area contributed by atoms with E-state index < -0.39 is 0 Å². The van der Waals surface area contributed by atoms with Crippen LogP contribution in [-0.4, -0.2) is 80.3 Å². The molecule has 0 spiro atoms. The second-order valence-corrected chi connectivity index (χ2v) is 7.57. The molecule has 1 aromatic rings. The van der Waals surface area contributed by atoms with Crippen molar-refractivity contribution in [2.24, 2.45) is 0 Å². The molecule has 2 aliphatic rings. The zero-order valence-electron chi connectivity index (χ0n) is 18.9. The highest BCUT2D eigenvalue weighted by molar-refractivity contribution is 5.95. The lowest BCUT2D eigenvalue weighted by Gasteiger charge is -2.24. The maximum atomic E-state index is 13.3. The van der Waals surface area contributed by atoms with Crippen LogP contribution in [-0.2, 0) is 9.53 Å². The van der Waals surface area contributed by atoms with E-state index in [0.717, 1.165) is 19.3 Å². The Labute approximate surface area is 184 Å². The van der Waals surface area contributed by atoms with E-state index in [4.69, 9.17) is 18.9 Å². The summed E-state index contributed by atoms with van der Waals surface area (Å²) < 4.78 is 22.8. The zero-order valence-corrected chi connectivity index (χ0v) is 18.9. The van der Waals surface area contributed by atoms with Crippen LogP contribution >= 0.6 is 0 Å². The minimum absolute atomic E-state index is 0.0464. The van der Waals surface area contributed by atoms with Crippen molar-refractivity contribution in [3.63, 3.8) is 0 Å². The summed E-state index contributed by atoms with van der Waals surface area (Å²) in [5.74, 6) is 1.47. The Morgan fingerprint density at radius 1 is 0.903 bits per heavy atom. The first-order chi connectivity index (χ1) is 15.1. The minimum Gasteiger partial charge on any atom is -0.490 e. The standard InChI is InChI=1S/C23H34N2O6/c1-4-28-19-15-17(16-20(29-5-2)21(19)30-6-3)22(26)24-10-8-11-25(13-12-24)23(27)18-9-7-14-31-18/h15-16,18H,4-14H2,1-3H3. The van der Waals surface area contributed by atoms with Gasteiger partial charge in [-0.05, 0) is 52.2 Å². The number of ether oxygens (including phenoxy) is 4. The van der Waals surface area contributed by atoms with Crippen molar-refractivity contribution in [2.45, 2.75) is 46.1 Å². The van der Waals surface area contributed by atoms with Crippen molar-refractivity contribution in [3.8, 4) is 17.2 Å². The zero-order chi connectivity index (χ0) is 22.2. The van der Waals surface area contributed by atoms with Crippen LogP contribution in [0.4, 0.5) is 0 Å². The van der Waals surface area contributed by atoms with Crippen LogP contribution in [0.5, 0.6) is 17.2 Å². The number of rotatable bonds is 8. The molecule has 0 N–H and O–H groups in total. The Morgan fingerprint density at radius 3 is 2.10 bits per heavy atom. The third-order valence-electron chi connectivity index (χ3n) is 5.46. The van der Waals surface area contributed by atoms with Crippen molar-refractivity contribution in [1.29, 1.82) is 0 Å². The molecule has 2 fully saturated rings. The maximum Gasteiger partial charge on any atom is 0.254 e. The number of carbonyl (C=O) groups is 2. The fourth-order valence-corrected chi connectivity index (χ4v) is 4.01. The Balaban J connectivity index is 1.75. The van der Waals surface area contributed by atoms with Gasteiger partial charge in [0.1, 0.15) is 6.10 Å². The molecule has 2 aliphatic heterocycles. The summed E-state index contributed by atoms with van der Waals surface area (Å²) in [5.41, 5.74) is 0.495. The number of hydrogen-bond donors (Lipinski definition) is 0. The first-order valence-corrected chi connectivity index (χ1v) is 11.3. The van der Waals surface area contributed by atoms with Crippen LogP contribution in [0.3, 0.4) is 0 Å². The largest absolute Gasteiger partial charge is 0.490 e. The molecule has 0 saturated carbocycles. The van der Waals surface area contributed by atoms with Crippen LogP contribution in [0.15, 0.2) is 12.1 Å². The van der Waals surface area contributed by atoms with E-state index in [1.807, 2.05) is 25.7 Å². The first-order valence-electron chi connectivity index (χ1n) is 11.3. The summed E-state index contributed by atoms with van der Waals surface area (Å²) in [6, 6.07) is 3.44. The van der Waals surface area contributed by atoms with Crippen LogP contribution in [0, 0.1) is 0 Å². The summed E-state index contributed by atoms with van der Waals surface area (Å²) in [5, 5.41) is 0. The molecule has 0 aliphatic carbocycles. The fraction of sp³-hybridized carbons (Fsp3) is 0.652. The molecule has 31 heavy (non-hydrogen) atoms. The topological polar surface area (TPSA) is 77.5 Å². The molecular formula is C23H34N2O6. The second-order valence-electron chi connectivity index (χ2n) is 7.57. The number of nitrogens with zero attached hydrogens (tertiary/aromatic N) is 2. The smallest absolute Gasteiger partial charge is 0.254 e. The number of carbonyl (C=O) groups excluding carboxylic acids is 2. The van der Waals surface area contributed by atoms with Crippen molar-refractivity contribution >= 4 is 11.8 Å². The third-order valence-corrected chi connectivity index (χ3v) is 5.46. The van der Waals surface area contributed by atoms with Gasteiger partial charge in [-0.2, -0.15) is 0 Å². The van der Waals surface area contributed by atoms with Gasteiger partial charge in [-0.25, -0.2) is 0 Å². The summed E-state index contributed by atoms with van der Waals surface area (Å²) >= 11 is 0. The molecule has 1 unspecified atom stereocenters. The first kappa shape index (κ1) is 23.2. The molecule has 2 heterocycles. The van der Waals surface area contributed by atoms with Gasteiger partial charge in [-0.3, -0.25) is 9.59 Å². The molecular weight excluding hydrogens is 400 g/mol. The fourth-order valence-electron chi connectivity index (χ4n) is 4.01. The molecule has 8 heteroatoms. The number of benzene rings is 1. The van der Waals surface area contributed by atoms with E-state index >= 15 is 0 Å².